The van der Waals surface area contributed by atoms with Crippen molar-refractivity contribution in [2.24, 2.45) is 0 Å². The number of halogens is 13. The van der Waals surface area contributed by atoms with Crippen molar-refractivity contribution in [2.75, 3.05) is 16.8 Å². The Balaban J connectivity index is 1.99. The van der Waals surface area contributed by atoms with Crippen molar-refractivity contribution < 1.29 is 57.9 Å². The Labute approximate surface area is 256 Å². The average Bonchev–Trinajstić information content (AvgIpc) is 2.91. The molecule has 0 fully saturated rings. The summed E-state index contributed by atoms with van der Waals surface area (Å²) in [6.45, 7) is -0.830. The van der Waals surface area contributed by atoms with E-state index in [0.717, 1.165) is 30.3 Å². The summed E-state index contributed by atoms with van der Waals surface area (Å²) in [5.74, 6) is -3.90. The van der Waals surface area contributed by atoms with Crippen LogP contribution in [-0.4, -0.2) is 30.7 Å². The van der Waals surface area contributed by atoms with Gasteiger partial charge in [0.2, 0.25) is 0 Å². The molecular weight excluding hydrogens is 755 g/mol. The Morgan fingerprint density at radius 2 is 1.34 bits per heavy atom. The van der Waals surface area contributed by atoms with E-state index in [0.29, 0.717) is 17.0 Å². The van der Waals surface area contributed by atoms with Crippen LogP contribution in [-0.2, 0) is 11.8 Å². The Bertz CT molecular complexity index is 1590. The number of nitrogens with zero attached hydrogens (tertiary/aromatic N) is 2. The van der Waals surface area contributed by atoms with E-state index >= 15 is 4.39 Å². The molecule has 5 nitrogen and oxygen atoms in total. The van der Waals surface area contributed by atoms with Crippen LogP contribution in [0.2, 0.25) is 0 Å². The van der Waals surface area contributed by atoms with Crippen molar-refractivity contribution in [3.05, 3.63) is 91.6 Å². The van der Waals surface area contributed by atoms with Gasteiger partial charge in [0, 0.05) is 20.1 Å². The first-order chi connectivity index (χ1) is 20.1. The molecule has 0 aromatic heterocycles. The number of nitrogens with one attached hydrogen (secondary N) is 1. The van der Waals surface area contributed by atoms with Gasteiger partial charge >= 0.3 is 24.2 Å². The monoisotopic (exact) mass is 765 g/mol. The molecule has 0 heterocycles. The van der Waals surface area contributed by atoms with Gasteiger partial charge in [-0.3, -0.25) is 14.5 Å². The fourth-order valence-corrected chi connectivity index (χ4v) is 5.14. The van der Waals surface area contributed by atoms with Gasteiger partial charge in [0.1, 0.15) is 6.54 Å². The molecule has 18 heteroatoms. The second-order valence-corrected chi connectivity index (χ2v) is 10.4. The van der Waals surface area contributed by atoms with E-state index in [1.807, 2.05) is 5.32 Å². The third kappa shape index (κ3) is 6.67. The molecule has 0 unspecified atom stereocenters. The molecule has 0 aliphatic carbocycles. The Hall–Kier alpha value is -3.72. The fraction of sp³-hybridized carbons (Fsp3) is 0.192. The van der Waals surface area contributed by atoms with E-state index in [4.69, 9.17) is 0 Å². The van der Waals surface area contributed by atoms with Crippen molar-refractivity contribution in [3.8, 4) is 6.07 Å². The van der Waals surface area contributed by atoms with Gasteiger partial charge in [-0.1, -0.05) is 6.07 Å². The van der Waals surface area contributed by atoms with E-state index < -0.39 is 85.4 Å². The maximum Gasteiger partial charge on any atom is 0.435 e. The molecule has 2 amide bonds. The minimum absolute atomic E-state index is 0.117. The lowest BCUT2D eigenvalue weighted by atomic mass is 9.94. The third-order valence-electron chi connectivity index (χ3n) is 5.91. The minimum Gasteiger partial charge on any atom is -0.320 e. The van der Waals surface area contributed by atoms with E-state index in [9.17, 15) is 58.8 Å². The molecule has 0 atom stereocenters. The summed E-state index contributed by atoms with van der Waals surface area (Å²) in [5.41, 5.74) is -11.2. The van der Waals surface area contributed by atoms with Crippen LogP contribution in [0.25, 0.3) is 0 Å². The number of hydrogen-bond donors (Lipinski definition) is 1. The van der Waals surface area contributed by atoms with Gasteiger partial charge in [0.05, 0.1) is 28.6 Å². The molecule has 0 saturated heterocycles. The van der Waals surface area contributed by atoms with Crippen LogP contribution in [0.15, 0.2) is 63.5 Å². The SMILES string of the molecule is N#CCN(C(=O)c1ccc(C(F)(F)F)cc1)c1cccc(C(=O)Nc2c(Br)cc(C(F)(C(F)(F)F)C(F)(F)F)cc2Br)c1F. The smallest absolute Gasteiger partial charge is 0.320 e. The number of benzene rings is 3. The number of carbonyl (C=O) groups is 2. The van der Waals surface area contributed by atoms with Gasteiger partial charge in [0.15, 0.2) is 5.82 Å². The largest absolute Gasteiger partial charge is 0.435 e. The van der Waals surface area contributed by atoms with Gasteiger partial charge in [-0.2, -0.15) is 44.8 Å². The Morgan fingerprint density at radius 3 is 1.80 bits per heavy atom. The fourth-order valence-electron chi connectivity index (χ4n) is 3.76. The maximum atomic E-state index is 15.5. The standard InChI is InChI=1S/C26H12Br2F11N3O2/c27-16-10-14(23(30,25(34,35)36)26(37,38)39)11-17(28)20(16)41-21(43)15-2-1-3-18(19(15)29)42(9-8-40)22(44)12-4-6-13(7-5-12)24(31,32)33/h1-7,10-11H,9H2,(H,41,43). The van der Waals surface area contributed by atoms with Crippen molar-refractivity contribution in [1.29, 1.82) is 5.26 Å². The van der Waals surface area contributed by atoms with E-state index in [1.165, 1.54) is 0 Å². The van der Waals surface area contributed by atoms with Crippen LogP contribution >= 0.6 is 31.9 Å². The summed E-state index contributed by atoms with van der Waals surface area (Å²) in [4.78, 5) is 26.4. The van der Waals surface area contributed by atoms with Crippen molar-refractivity contribution in [1.82, 2.24) is 0 Å². The predicted molar refractivity (Wildman–Crippen MR) is 140 cm³/mol. The van der Waals surface area contributed by atoms with Crippen LogP contribution in [0, 0.1) is 17.1 Å². The number of rotatable bonds is 6. The number of carbonyl (C=O) groups excluding carboxylic acids is 2. The van der Waals surface area contributed by atoms with Gasteiger partial charge in [-0.15, -0.1) is 0 Å². The number of amides is 2. The molecule has 0 aliphatic rings. The van der Waals surface area contributed by atoms with E-state index in [-0.39, 0.29) is 17.7 Å². The first-order valence-corrected chi connectivity index (χ1v) is 13.0. The molecule has 3 aromatic rings. The number of hydrogen-bond acceptors (Lipinski definition) is 3. The summed E-state index contributed by atoms with van der Waals surface area (Å²) in [6, 6.07) is 7.42. The lowest BCUT2D eigenvalue weighted by molar-refractivity contribution is -0.348. The normalized spacial score (nSPS) is 12.5. The van der Waals surface area contributed by atoms with Crippen LogP contribution in [0.4, 0.5) is 59.7 Å². The lowest BCUT2D eigenvalue weighted by Gasteiger charge is -2.31. The van der Waals surface area contributed by atoms with Crippen LogP contribution in [0.3, 0.4) is 0 Å². The van der Waals surface area contributed by atoms with Gasteiger partial charge in [-0.05, 0) is 80.4 Å². The number of nitriles is 1. The van der Waals surface area contributed by atoms with Gasteiger partial charge < -0.3 is 5.32 Å². The summed E-state index contributed by atoms with van der Waals surface area (Å²) in [6.07, 6.45) is -17.6. The van der Waals surface area contributed by atoms with Crippen LogP contribution in [0.5, 0.6) is 0 Å². The zero-order valence-corrected chi connectivity index (χ0v) is 24.2. The quantitative estimate of drug-likeness (QED) is 0.201. The van der Waals surface area contributed by atoms with Gasteiger partial charge in [-0.25, -0.2) is 8.78 Å². The second kappa shape index (κ2) is 12.3. The topological polar surface area (TPSA) is 73.2 Å². The highest BCUT2D eigenvalue weighted by Crippen LogP contribution is 2.54. The van der Waals surface area contributed by atoms with Crippen molar-refractivity contribution in [2.45, 2.75) is 24.2 Å². The summed E-state index contributed by atoms with van der Waals surface area (Å²) in [7, 11) is 0. The molecule has 0 aliphatic heterocycles. The third-order valence-corrected chi connectivity index (χ3v) is 7.16. The molecule has 0 bridgehead atoms. The van der Waals surface area contributed by atoms with E-state index in [2.05, 4.69) is 31.9 Å². The highest BCUT2D eigenvalue weighted by atomic mass is 79.9. The highest BCUT2D eigenvalue weighted by Gasteiger charge is 2.73. The Kier molecular flexibility index (Phi) is 9.76. The van der Waals surface area contributed by atoms with Crippen LogP contribution in [0.1, 0.15) is 31.8 Å². The Morgan fingerprint density at radius 1 is 0.818 bits per heavy atom. The molecule has 44 heavy (non-hydrogen) atoms. The van der Waals surface area contributed by atoms with Crippen molar-refractivity contribution in [3.63, 3.8) is 0 Å². The van der Waals surface area contributed by atoms with Crippen LogP contribution < -0.4 is 10.2 Å². The first kappa shape index (κ1) is 34.8. The summed E-state index contributed by atoms with van der Waals surface area (Å²) in [5, 5.41) is 11.2. The molecule has 234 valence electrons. The molecule has 3 rings (SSSR count). The lowest BCUT2D eigenvalue weighted by Crippen LogP contribution is -2.50. The summed E-state index contributed by atoms with van der Waals surface area (Å²) >= 11 is 5.33. The second-order valence-electron chi connectivity index (χ2n) is 8.69. The highest BCUT2D eigenvalue weighted by molar-refractivity contribution is 9.11. The maximum absolute atomic E-state index is 15.5. The zero-order valence-electron chi connectivity index (χ0n) is 21.0. The molecule has 3 aromatic carbocycles. The minimum atomic E-state index is -6.43. The molecule has 1 N–H and O–H groups in total. The molecule has 0 radical (unpaired) electrons. The molecule has 0 spiro atoms. The van der Waals surface area contributed by atoms with E-state index in [1.54, 1.807) is 6.07 Å². The van der Waals surface area contributed by atoms with Gasteiger partial charge in [0.25, 0.3) is 11.8 Å². The number of alkyl halides is 10. The summed E-state index contributed by atoms with van der Waals surface area (Å²) < 4.78 is 146. The average molecular weight is 767 g/mol. The molecular formula is C26H12Br2F11N3O2. The zero-order chi connectivity index (χ0) is 33.4. The first-order valence-electron chi connectivity index (χ1n) is 11.4. The predicted octanol–water partition coefficient (Wildman–Crippen LogP) is 9.08. The molecule has 0 saturated carbocycles. The number of anilines is 2. The van der Waals surface area contributed by atoms with Crippen molar-refractivity contribution >= 4 is 55.0 Å².